The van der Waals surface area contributed by atoms with Gasteiger partial charge in [-0.25, -0.2) is 4.98 Å². The monoisotopic (exact) mass is 311 g/mol. The molecule has 3 nitrogen and oxygen atoms in total. The van der Waals surface area contributed by atoms with Crippen molar-refractivity contribution >= 4 is 11.5 Å². The minimum Gasteiger partial charge on any atom is -0.384 e. The number of hydrogen-bond acceptors (Lipinski definition) is 3. The Morgan fingerprint density at radius 3 is 2.30 bits per heavy atom. The number of benzene rings is 1. The molecule has 0 amide bonds. The molecule has 2 rings (SSSR count). The summed E-state index contributed by atoms with van der Waals surface area (Å²) in [6.45, 7) is 6.57. The van der Waals surface area contributed by atoms with Crippen LogP contribution in [-0.2, 0) is 12.8 Å². The van der Waals surface area contributed by atoms with Gasteiger partial charge in [-0.1, -0.05) is 44.2 Å². The Morgan fingerprint density at radius 2 is 1.65 bits per heavy atom. The summed E-state index contributed by atoms with van der Waals surface area (Å²) in [7, 11) is 0. The smallest absolute Gasteiger partial charge is 0.125 e. The highest BCUT2D eigenvalue weighted by molar-refractivity contribution is 5.54. The van der Waals surface area contributed by atoms with E-state index >= 15 is 0 Å². The van der Waals surface area contributed by atoms with E-state index in [9.17, 15) is 0 Å². The molecule has 0 aliphatic carbocycles. The molecule has 0 aliphatic heterocycles. The molecular weight excluding hydrogens is 282 g/mol. The number of anilines is 2. The highest BCUT2D eigenvalue weighted by Crippen LogP contribution is 2.20. The number of nitrogen functional groups attached to an aromatic ring is 1. The maximum absolute atomic E-state index is 6.03. The van der Waals surface area contributed by atoms with Crippen molar-refractivity contribution in [3.8, 4) is 0 Å². The van der Waals surface area contributed by atoms with Crippen molar-refractivity contribution in [1.29, 1.82) is 0 Å². The van der Waals surface area contributed by atoms with Crippen LogP contribution in [0.1, 0.15) is 44.4 Å². The van der Waals surface area contributed by atoms with Crippen molar-refractivity contribution in [3.05, 3.63) is 53.7 Å². The van der Waals surface area contributed by atoms with Crippen LogP contribution in [0.25, 0.3) is 0 Å². The van der Waals surface area contributed by atoms with Gasteiger partial charge in [-0.3, -0.25) is 0 Å². The van der Waals surface area contributed by atoms with E-state index in [1.165, 1.54) is 11.3 Å². The fourth-order valence-corrected chi connectivity index (χ4v) is 2.93. The molecule has 0 atom stereocenters. The molecule has 2 aromatic rings. The molecule has 2 N–H and O–H groups in total. The van der Waals surface area contributed by atoms with Gasteiger partial charge >= 0.3 is 0 Å². The van der Waals surface area contributed by atoms with Gasteiger partial charge in [-0.15, -0.1) is 0 Å². The second-order valence-electron chi connectivity index (χ2n) is 6.07. The Hall–Kier alpha value is -2.03. The Labute approximate surface area is 140 Å². The van der Waals surface area contributed by atoms with Crippen molar-refractivity contribution in [2.75, 3.05) is 23.7 Å². The minimum absolute atomic E-state index is 0.634. The molecule has 1 heterocycles. The Bertz CT molecular complexity index is 575. The SMILES string of the molecule is CCCN(CCC)c1cc(N)nc(CCCc2ccccc2)c1. The van der Waals surface area contributed by atoms with E-state index in [1.807, 2.05) is 6.07 Å². The van der Waals surface area contributed by atoms with Crippen LogP contribution in [0.4, 0.5) is 11.5 Å². The van der Waals surface area contributed by atoms with Gasteiger partial charge in [0, 0.05) is 30.5 Å². The van der Waals surface area contributed by atoms with E-state index in [0.29, 0.717) is 5.82 Å². The number of aromatic nitrogens is 1. The lowest BCUT2D eigenvalue weighted by Gasteiger charge is -2.24. The number of aryl methyl sites for hydroxylation is 2. The first-order valence-corrected chi connectivity index (χ1v) is 8.78. The molecule has 0 saturated carbocycles. The molecule has 3 heteroatoms. The van der Waals surface area contributed by atoms with Crippen LogP contribution < -0.4 is 10.6 Å². The van der Waals surface area contributed by atoms with E-state index < -0.39 is 0 Å². The number of hydrogen-bond donors (Lipinski definition) is 1. The van der Waals surface area contributed by atoms with Crippen molar-refractivity contribution < 1.29 is 0 Å². The average molecular weight is 311 g/mol. The molecule has 0 bridgehead atoms. The molecule has 0 radical (unpaired) electrons. The summed E-state index contributed by atoms with van der Waals surface area (Å²) in [6, 6.07) is 14.8. The van der Waals surface area contributed by atoms with Gasteiger partial charge in [0.15, 0.2) is 0 Å². The highest BCUT2D eigenvalue weighted by Gasteiger charge is 2.08. The lowest BCUT2D eigenvalue weighted by atomic mass is 10.1. The van der Waals surface area contributed by atoms with Crippen LogP contribution in [0.2, 0.25) is 0 Å². The molecule has 0 aliphatic rings. The van der Waals surface area contributed by atoms with Crippen molar-refractivity contribution in [1.82, 2.24) is 4.98 Å². The topological polar surface area (TPSA) is 42.1 Å². The first-order valence-electron chi connectivity index (χ1n) is 8.78. The first-order chi connectivity index (χ1) is 11.2. The third-order valence-corrected chi connectivity index (χ3v) is 3.98. The Kier molecular flexibility index (Phi) is 6.92. The van der Waals surface area contributed by atoms with Crippen LogP contribution in [0.15, 0.2) is 42.5 Å². The molecule has 124 valence electrons. The van der Waals surface area contributed by atoms with Gasteiger partial charge < -0.3 is 10.6 Å². The third kappa shape index (κ3) is 5.59. The Balaban J connectivity index is 2.01. The normalized spacial score (nSPS) is 10.7. The minimum atomic E-state index is 0.634. The zero-order chi connectivity index (χ0) is 16.5. The van der Waals surface area contributed by atoms with Crippen LogP contribution in [0.3, 0.4) is 0 Å². The van der Waals surface area contributed by atoms with Gasteiger partial charge in [0.1, 0.15) is 5.82 Å². The zero-order valence-electron chi connectivity index (χ0n) is 14.5. The molecule has 0 unspecified atom stereocenters. The molecule has 0 fully saturated rings. The fraction of sp³-hybridized carbons (Fsp3) is 0.450. The van der Waals surface area contributed by atoms with Crippen LogP contribution in [-0.4, -0.2) is 18.1 Å². The molecular formula is C20H29N3. The highest BCUT2D eigenvalue weighted by atomic mass is 15.1. The van der Waals surface area contributed by atoms with Crippen LogP contribution in [0.5, 0.6) is 0 Å². The van der Waals surface area contributed by atoms with Crippen LogP contribution >= 0.6 is 0 Å². The summed E-state index contributed by atoms with van der Waals surface area (Å²) in [6.07, 6.45) is 5.44. The predicted molar refractivity (Wildman–Crippen MR) is 99.9 cm³/mol. The van der Waals surface area contributed by atoms with E-state index in [2.05, 4.69) is 60.1 Å². The van der Waals surface area contributed by atoms with Gasteiger partial charge in [0.25, 0.3) is 0 Å². The summed E-state index contributed by atoms with van der Waals surface area (Å²) in [4.78, 5) is 6.93. The lowest BCUT2D eigenvalue weighted by Crippen LogP contribution is -2.25. The molecule has 0 spiro atoms. The molecule has 0 saturated heterocycles. The second kappa shape index (κ2) is 9.19. The fourth-order valence-electron chi connectivity index (χ4n) is 2.93. The quantitative estimate of drug-likeness (QED) is 0.743. The van der Waals surface area contributed by atoms with Crippen molar-refractivity contribution in [2.24, 2.45) is 0 Å². The van der Waals surface area contributed by atoms with E-state index in [-0.39, 0.29) is 0 Å². The number of nitrogens with two attached hydrogens (primary N) is 1. The van der Waals surface area contributed by atoms with Gasteiger partial charge in [0.2, 0.25) is 0 Å². The van der Waals surface area contributed by atoms with E-state index in [1.54, 1.807) is 0 Å². The molecule has 23 heavy (non-hydrogen) atoms. The largest absolute Gasteiger partial charge is 0.384 e. The van der Waals surface area contributed by atoms with Gasteiger partial charge in [-0.05, 0) is 43.7 Å². The van der Waals surface area contributed by atoms with Crippen LogP contribution in [0, 0.1) is 0 Å². The van der Waals surface area contributed by atoms with Crippen molar-refractivity contribution in [3.63, 3.8) is 0 Å². The summed E-state index contributed by atoms with van der Waals surface area (Å²) < 4.78 is 0. The maximum atomic E-state index is 6.03. The summed E-state index contributed by atoms with van der Waals surface area (Å²) in [5.41, 5.74) is 9.74. The zero-order valence-corrected chi connectivity index (χ0v) is 14.5. The Morgan fingerprint density at radius 1 is 0.957 bits per heavy atom. The molecule has 1 aromatic heterocycles. The summed E-state index contributed by atoms with van der Waals surface area (Å²) >= 11 is 0. The average Bonchev–Trinajstić information content (AvgIpc) is 2.55. The number of pyridine rings is 1. The van der Waals surface area contributed by atoms with Crippen molar-refractivity contribution in [2.45, 2.75) is 46.0 Å². The van der Waals surface area contributed by atoms with Gasteiger partial charge in [0.05, 0.1) is 0 Å². The third-order valence-electron chi connectivity index (χ3n) is 3.98. The number of rotatable bonds is 9. The van der Waals surface area contributed by atoms with E-state index in [0.717, 1.165) is 50.9 Å². The first kappa shape index (κ1) is 17.3. The maximum Gasteiger partial charge on any atom is 0.125 e. The summed E-state index contributed by atoms with van der Waals surface area (Å²) in [5, 5.41) is 0. The second-order valence-corrected chi connectivity index (χ2v) is 6.07. The lowest BCUT2D eigenvalue weighted by molar-refractivity contribution is 0.741. The standard InChI is InChI=1S/C20H29N3/c1-3-13-23(14-4-2)19-15-18(22-20(21)16-19)12-8-11-17-9-6-5-7-10-17/h5-7,9-10,15-16H,3-4,8,11-14H2,1-2H3,(H2,21,22). The number of nitrogens with zero attached hydrogens (tertiary/aromatic N) is 2. The summed E-state index contributed by atoms with van der Waals surface area (Å²) in [5.74, 6) is 0.634. The van der Waals surface area contributed by atoms with E-state index in [4.69, 9.17) is 5.73 Å². The molecule has 1 aromatic carbocycles. The van der Waals surface area contributed by atoms with Gasteiger partial charge in [-0.2, -0.15) is 0 Å². The predicted octanol–water partition coefficient (Wildman–Crippen LogP) is 4.47.